The van der Waals surface area contributed by atoms with E-state index in [1.165, 1.54) is 6.07 Å². The lowest BCUT2D eigenvalue weighted by atomic mass is 9.81. The van der Waals surface area contributed by atoms with Gasteiger partial charge in [-0.05, 0) is 6.07 Å². The minimum atomic E-state index is -1.70. The van der Waals surface area contributed by atoms with Crippen LogP contribution in [0.2, 0.25) is 0 Å². The van der Waals surface area contributed by atoms with Crippen molar-refractivity contribution in [2.75, 3.05) is 0 Å². The molecule has 0 saturated heterocycles. The summed E-state index contributed by atoms with van der Waals surface area (Å²) in [7, 11) is -1.70. The molecule has 1 heterocycles. The van der Waals surface area contributed by atoms with E-state index in [4.69, 9.17) is 10.0 Å². The molecule has 0 saturated carbocycles. The third-order valence-electron chi connectivity index (χ3n) is 2.02. The Morgan fingerprint density at radius 1 is 1.13 bits per heavy atom. The smallest absolute Gasteiger partial charge is 0.423 e. The second kappa shape index (κ2) is 3.56. The number of aromatic nitrogens is 1. The summed E-state index contributed by atoms with van der Waals surface area (Å²) < 4.78 is 26.0. The van der Waals surface area contributed by atoms with E-state index in [0.717, 1.165) is 18.3 Å². The van der Waals surface area contributed by atoms with Crippen LogP contribution in [0.25, 0.3) is 10.9 Å². The van der Waals surface area contributed by atoms with Crippen molar-refractivity contribution in [2.45, 2.75) is 0 Å². The Morgan fingerprint density at radius 3 is 2.53 bits per heavy atom. The summed E-state index contributed by atoms with van der Waals surface area (Å²) >= 11 is 0. The first-order valence-corrected chi connectivity index (χ1v) is 4.19. The summed E-state index contributed by atoms with van der Waals surface area (Å²) in [6, 6.07) is 3.08. The van der Waals surface area contributed by atoms with Gasteiger partial charge in [-0.3, -0.25) is 4.98 Å². The number of halogens is 2. The minimum Gasteiger partial charge on any atom is -0.423 e. The zero-order chi connectivity index (χ0) is 11.0. The average Bonchev–Trinajstić information content (AvgIpc) is 2.16. The van der Waals surface area contributed by atoms with Crippen molar-refractivity contribution in [3.8, 4) is 0 Å². The number of nitrogens with zero attached hydrogens (tertiary/aromatic N) is 1. The first kappa shape index (κ1) is 10.0. The second-order valence-electron chi connectivity index (χ2n) is 3.10. The largest absolute Gasteiger partial charge is 0.490 e. The van der Waals surface area contributed by atoms with Gasteiger partial charge in [-0.1, -0.05) is 6.07 Å². The lowest BCUT2D eigenvalue weighted by Crippen LogP contribution is -2.30. The highest BCUT2D eigenvalue weighted by Crippen LogP contribution is 2.15. The topological polar surface area (TPSA) is 53.4 Å². The molecule has 0 spiro atoms. The first-order chi connectivity index (χ1) is 7.08. The van der Waals surface area contributed by atoms with Crippen LogP contribution in [0.3, 0.4) is 0 Å². The molecule has 1 aromatic heterocycles. The molecule has 2 N–H and O–H groups in total. The number of hydrogen-bond acceptors (Lipinski definition) is 3. The van der Waals surface area contributed by atoms with E-state index in [2.05, 4.69) is 4.98 Å². The lowest BCUT2D eigenvalue weighted by molar-refractivity contribution is 0.425. The van der Waals surface area contributed by atoms with Crippen LogP contribution >= 0.6 is 0 Å². The van der Waals surface area contributed by atoms with Gasteiger partial charge in [0.25, 0.3) is 0 Å². The molecule has 3 nitrogen and oxygen atoms in total. The maximum Gasteiger partial charge on any atom is 0.490 e. The predicted molar refractivity (Wildman–Crippen MR) is 51.5 cm³/mol. The Labute approximate surface area is 84.1 Å². The van der Waals surface area contributed by atoms with E-state index in [1.807, 2.05) is 0 Å². The molecule has 76 valence electrons. The summed E-state index contributed by atoms with van der Waals surface area (Å²) in [5.74, 6) is -1.50. The van der Waals surface area contributed by atoms with E-state index in [1.54, 1.807) is 0 Å². The average molecular weight is 209 g/mol. The fraction of sp³-hybridized carbons (Fsp3) is 0. The molecule has 6 heteroatoms. The second-order valence-corrected chi connectivity index (χ2v) is 3.10. The van der Waals surface area contributed by atoms with Crippen LogP contribution in [-0.4, -0.2) is 22.2 Å². The van der Waals surface area contributed by atoms with E-state index < -0.39 is 18.8 Å². The Balaban J connectivity index is 2.71. The summed E-state index contributed by atoms with van der Waals surface area (Å²) in [4.78, 5) is 3.68. The van der Waals surface area contributed by atoms with Gasteiger partial charge in [-0.2, -0.15) is 0 Å². The van der Waals surface area contributed by atoms with Crippen LogP contribution in [0.5, 0.6) is 0 Å². The van der Waals surface area contributed by atoms with Crippen LogP contribution in [-0.2, 0) is 0 Å². The van der Waals surface area contributed by atoms with Crippen molar-refractivity contribution in [2.24, 2.45) is 0 Å². The molecule has 0 atom stereocenters. The standard InChI is InChI=1S/C9H6BF2NO2/c11-7-2-5-1-6(10(14)15)4-13-9(5)8(12)3-7/h1-4,14-15H. The molecule has 0 unspecified atom stereocenters. The Bertz CT molecular complexity index is 519. The highest BCUT2D eigenvalue weighted by molar-refractivity contribution is 6.58. The molecule has 0 bridgehead atoms. The quantitative estimate of drug-likeness (QED) is 0.659. The van der Waals surface area contributed by atoms with E-state index in [-0.39, 0.29) is 16.4 Å². The molecule has 0 amide bonds. The zero-order valence-electron chi connectivity index (χ0n) is 7.48. The summed E-state index contributed by atoms with van der Waals surface area (Å²) in [6.07, 6.45) is 1.13. The zero-order valence-corrected chi connectivity index (χ0v) is 7.48. The van der Waals surface area contributed by atoms with Crippen molar-refractivity contribution in [1.29, 1.82) is 0 Å². The third-order valence-corrected chi connectivity index (χ3v) is 2.02. The monoisotopic (exact) mass is 209 g/mol. The van der Waals surface area contributed by atoms with Gasteiger partial charge in [0.2, 0.25) is 0 Å². The molecule has 1 aromatic carbocycles. The van der Waals surface area contributed by atoms with Gasteiger partial charge in [0.15, 0.2) is 5.82 Å². The Morgan fingerprint density at radius 2 is 1.87 bits per heavy atom. The predicted octanol–water partition coefficient (Wildman–Crippen LogP) is 0.193. The number of fused-ring (bicyclic) bond motifs is 1. The molecule has 2 aromatic rings. The van der Waals surface area contributed by atoms with Crippen molar-refractivity contribution in [1.82, 2.24) is 4.98 Å². The van der Waals surface area contributed by atoms with E-state index in [9.17, 15) is 8.78 Å². The van der Waals surface area contributed by atoms with Crippen LogP contribution in [0.4, 0.5) is 8.78 Å². The minimum absolute atomic E-state index is 0.000741. The lowest BCUT2D eigenvalue weighted by Gasteiger charge is -2.02. The molecule has 15 heavy (non-hydrogen) atoms. The van der Waals surface area contributed by atoms with Crippen molar-refractivity contribution >= 4 is 23.5 Å². The van der Waals surface area contributed by atoms with E-state index >= 15 is 0 Å². The van der Waals surface area contributed by atoms with Gasteiger partial charge in [0.05, 0.1) is 0 Å². The summed E-state index contributed by atoms with van der Waals surface area (Å²) in [5, 5.41) is 17.9. The summed E-state index contributed by atoms with van der Waals surface area (Å²) in [5.41, 5.74) is 0.0910. The molecule has 0 fully saturated rings. The first-order valence-electron chi connectivity index (χ1n) is 4.19. The van der Waals surface area contributed by atoms with Gasteiger partial charge < -0.3 is 10.0 Å². The highest BCUT2D eigenvalue weighted by atomic mass is 19.1. The van der Waals surface area contributed by atoms with Gasteiger partial charge in [-0.25, -0.2) is 8.78 Å². The van der Waals surface area contributed by atoms with Crippen molar-refractivity contribution < 1.29 is 18.8 Å². The van der Waals surface area contributed by atoms with Crippen molar-refractivity contribution in [3.63, 3.8) is 0 Å². The Kier molecular flexibility index (Phi) is 2.38. The number of pyridine rings is 1. The Hall–Kier alpha value is -1.53. The van der Waals surface area contributed by atoms with Gasteiger partial charge in [0.1, 0.15) is 11.3 Å². The molecule has 0 aliphatic carbocycles. The van der Waals surface area contributed by atoms with Crippen LogP contribution in [0.15, 0.2) is 24.4 Å². The molecular weight excluding hydrogens is 203 g/mol. The van der Waals surface area contributed by atoms with Crippen molar-refractivity contribution in [3.05, 3.63) is 36.0 Å². The van der Waals surface area contributed by atoms with Gasteiger partial charge in [-0.15, -0.1) is 0 Å². The van der Waals surface area contributed by atoms with Crippen LogP contribution in [0.1, 0.15) is 0 Å². The normalized spacial score (nSPS) is 10.7. The number of benzene rings is 1. The molecular formula is C9H6BF2NO2. The number of hydrogen-bond donors (Lipinski definition) is 2. The van der Waals surface area contributed by atoms with E-state index in [0.29, 0.717) is 0 Å². The van der Waals surface area contributed by atoms with Crippen LogP contribution < -0.4 is 5.46 Å². The summed E-state index contributed by atoms with van der Waals surface area (Å²) in [6.45, 7) is 0. The molecule has 0 aliphatic heterocycles. The van der Waals surface area contributed by atoms with Crippen LogP contribution in [0, 0.1) is 11.6 Å². The molecule has 0 radical (unpaired) electrons. The van der Waals surface area contributed by atoms with Gasteiger partial charge >= 0.3 is 7.12 Å². The van der Waals surface area contributed by atoms with Gasteiger partial charge in [0, 0.05) is 23.1 Å². The third kappa shape index (κ3) is 1.81. The number of rotatable bonds is 1. The maximum absolute atomic E-state index is 13.2. The fourth-order valence-electron chi connectivity index (χ4n) is 1.33. The molecule has 0 aliphatic rings. The highest BCUT2D eigenvalue weighted by Gasteiger charge is 2.13. The maximum atomic E-state index is 13.2. The SMILES string of the molecule is OB(O)c1cnc2c(F)cc(F)cc2c1. The molecule has 2 rings (SSSR count). The fourth-order valence-corrected chi connectivity index (χ4v) is 1.33.